The predicted octanol–water partition coefficient (Wildman–Crippen LogP) is 2.91. The lowest BCUT2D eigenvalue weighted by molar-refractivity contribution is -0.125. The van der Waals surface area contributed by atoms with Gasteiger partial charge in [-0.2, -0.15) is 5.11 Å². The van der Waals surface area contributed by atoms with Gasteiger partial charge in [0.15, 0.2) is 12.1 Å². The molecule has 2 atom stereocenters. The topological polar surface area (TPSA) is 94.4 Å². The van der Waals surface area contributed by atoms with E-state index in [1.54, 1.807) is 42.5 Å². The van der Waals surface area contributed by atoms with Gasteiger partial charge in [-0.3, -0.25) is 19.4 Å². The van der Waals surface area contributed by atoms with Crippen LogP contribution < -0.4 is 10.2 Å². The number of carbonyl (C=O) groups excluding carboxylic acids is 3. The molecule has 0 bridgehead atoms. The minimum atomic E-state index is -0.971. The van der Waals surface area contributed by atoms with Gasteiger partial charge in [-0.1, -0.05) is 46.6 Å². The molecule has 10 heteroatoms. The number of nitrogens with one attached hydrogen (secondary N) is 1. The van der Waals surface area contributed by atoms with Crippen molar-refractivity contribution in [2.24, 2.45) is 10.3 Å². The Morgan fingerprint density at radius 3 is 2.53 bits per heavy atom. The van der Waals surface area contributed by atoms with Gasteiger partial charge in [-0.05, 0) is 42.3 Å². The third kappa shape index (κ3) is 3.76. The van der Waals surface area contributed by atoms with Gasteiger partial charge in [-0.15, -0.1) is 0 Å². The van der Waals surface area contributed by atoms with Gasteiger partial charge in [0, 0.05) is 16.6 Å². The molecule has 0 saturated carbocycles. The van der Waals surface area contributed by atoms with E-state index in [1.807, 2.05) is 6.92 Å². The summed E-state index contributed by atoms with van der Waals surface area (Å²) in [7, 11) is 0. The summed E-state index contributed by atoms with van der Waals surface area (Å²) in [5.74, 6) is -1.32. The summed E-state index contributed by atoms with van der Waals surface area (Å²) in [5, 5.41) is 12.9. The first kappa shape index (κ1) is 20.3. The van der Waals surface area contributed by atoms with Crippen LogP contribution in [0.25, 0.3) is 0 Å². The SMILES string of the molecule is Cc1ccc(N2C(=O)[C@H]3N=NN(CC(=O)NCc4ccc(Cl)cc4)[C@@H]3C2=O)cc1Cl. The van der Waals surface area contributed by atoms with Crippen molar-refractivity contribution in [3.05, 3.63) is 63.6 Å². The number of hydrogen-bond acceptors (Lipinski definition) is 6. The van der Waals surface area contributed by atoms with Crippen molar-refractivity contribution in [3.63, 3.8) is 0 Å². The van der Waals surface area contributed by atoms with Gasteiger partial charge in [0.05, 0.1) is 5.69 Å². The van der Waals surface area contributed by atoms with Crippen LogP contribution in [-0.2, 0) is 20.9 Å². The molecule has 0 aliphatic carbocycles. The highest BCUT2D eigenvalue weighted by atomic mass is 35.5. The van der Waals surface area contributed by atoms with Gasteiger partial charge in [-0.25, -0.2) is 4.90 Å². The molecule has 0 unspecified atom stereocenters. The van der Waals surface area contributed by atoms with E-state index in [1.165, 1.54) is 5.01 Å². The molecular weight excluding hydrogens is 429 g/mol. The lowest BCUT2D eigenvalue weighted by Crippen LogP contribution is -2.44. The number of aryl methyl sites for hydroxylation is 1. The Bertz CT molecular complexity index is 1060. The summed E-state index contributed by atoms with van der Waals surface area (Å²) in [6.07, 6.45) is 0. The lowest BCUT2D eigenvalue weighted by Gasteiger charge is -2.20. The lowest BCUT2D eigenvalue weighted by atomic mass is 10.1. The molecule has 2 aromatic carbocycles. The van der Waals surface area contributed by atoms with Crippen molar-refractivity contribution < 1.29 is 14.4 Å². The molecule has 2 heterocycles. The first-order chi connectivity index (χ1) is 14.3. The second-order valence-corrected chi connectivity index (χ2v) is 7.88. The molecule has 2 aromatic rings. The zero-order valence-corrected chi connectivity index (χ0v) is 17.4. The van der Waals surface area contributed by atoms with E-state index in [2.05, 4.69) is 15.7 Å². The number of carbonyl (C=O) groups is 3. The summed E-state index contributed by atoms with van der Waals surface area (Å²) >= 11 is 12.0. The minimum absolute atomic E-state index is 0.195. The van der Waals surface area contributed by atoms with Gasteiger partial charge in [0.25, 0.3) is 11.8 Å². The van der Waals surface area contributed by atoms with Crippen LogP contribution in [0.5, 0.6) is 0 Å². The van der Waals surface area contributed by atoms with Crippen LogP contribution in [0.4, 0.5) is 5.69 Å². The maximum absolute atomic E-state index is 13.0. The maximum Gasteiger partial charge on any atom is 0.263 e. The molecule has 0 spiro atoms. The van der Waals surface area contributed by atoms with Crippen LogP contribution in [0.1, 0.15) is 11.1 Å². The van der Waals surface area contributed by atoms with E-state index < -0.39 is 23.9 Å². The van der Waals surface area contributed by atoms with Crippen molar-refractivity contribution in [1.29, 1.82) is 0 Å². The van der Waals surface area contributed by atoms with E-state index in [9.17, 15) is 14.4 Å². The van der Waals surface area contributed by atoms with Gasteiger partial charge < -0.3 is 5.32 Å². The van der Waals surface area contributed by atoms with Crippen molar-refractivity contribution in [2.45, 2.75) is 25.6 Å². The first-order valence-corrected chi connectivity index (χ1v) is 9.93. The third-order valence-electron chi connectivity index (χ3n) is 4.98. The van der Waals surface area contributed by atoms with Crippen LogP contribution in [0, 0.1) is 6.92 Å². The Labute approximate surface area is 182 Å². The van der Waals surface area contributed by atoms with Crippen molar-refractivity contribution in [3.8, 4) is 0 Å². The average Bonchev–Trinajstić information content (AvgIpc) is 3.23. The number of rotatable bonds is 5. The summed E-state index contributed by atoms with van der Waals surface area (Å²) in [5.41, 5.74) is 2.08. The molecule has 0 radical (unpaired) electrons. The second kappa shape index (κ2) is 8.04. The van der Waals surface area contributed by atoms with E-state index in [-0.39, 0.29) is 12.5 Å². The Morgan fingerprint density at radius 1 is 1.10 bits per heavy atom. The molecule has 1 fully saturated rings. The summed E-state index contributed by atoms with van der Waals surface area (Å²) in [4.78, 5) is 39.1. The van der Waals surface area contributed by atoms with Crippen LogP contribution in [-0.4, -0.2) is 41.4 Å². The quantitative estimate of drug-likeness (QED) is 0.715. The number of nitrogens with zero attached hydrogens (tertiary/aromatic N) is 4. The van der Waals surface area contributed by atoms with E-state index in [0.29, 0.717) is 22.3 Å². The van der Waals surface area contributed by atoms with Crippen molar-refractivity contribution in [2.75, 3.05) is 11.4 Å². The fourth-order valence-electron chi connectivity index (χ4n) is 3.34. The summed E-state index contributed by atoms with van der Waals surface area (Å²) in [6.45, 7) is 1.93. The van der Waals surface area contributed by atoms with E-state index in [0.717, 1.165) is 16.0 Å². The van der Waals surface area contributed by atoms with Gasteiger partial charge in [0.2, 0.25) is 5.91 Å². The molecule has 8 nitrogen and oxygen atoms in total. The molecule has 154 valence electrons. The van der Waals surface area contributed by atoms with Crippen LogP contribution in [0.2, 0.25) is 10.0 Å². The van der Waals surface area contributed by atoms with Crippen LogP contribution in [0.15, 0.2) is 52.8 Å². The molecule has 30 heavy (non-hydrogen) atoms. The van der Waals surface area contributed by atoms with E-state index >= 15 is 0 Å². The normalized spacial score (nSPS) is 20.1. The van der Waals surface area contributed by atoms with Crippen molar-refractivity contribution in [1.82, 2.24) is 10.3 Å². The molecule has 1 saturated heterocycles. The van der Waals surface area contributed by atoms with Crippen LogP contribution >= 0.6 is 23.2 Å². The smallest absolute Gasteiger partial charge is 0.263 e. The number of amides is 3. The highest BCUT2D eigenvalue weighted by Gasteiger charge is 2.55. The predicted molar refractivity (Wildman–Crippen MR) is 111 cm³/mol. The minimum Gasteiger partial charge on any atom is -0.350 e. The Kier molecular flexibility index (Phi) is 5.44. The third-order valence-corrected chi connectivity index (χ3v) is 5.64. The van der Waals surface area contributed by atoms with E-state index in [4.69, 9.17) is 23.2 Å². The fraction of sp³-hybridized carbons (Fsp3) is 0.250. The van der Waals surface area contributed by atoms with Crippen LogP contribution in [0.3, 0.4) is 0 Å². The summed E-state index contributed by atoms with van der Waals surface area (Å²) in [6, 6.07) is 10.1. The Hall–Kier alpha value is -2.97. The number of benzene rings is 2. The number of halogens is 2. The Balaban J connectivity index is 1.43. The molecule has 3 amide bonds. The number of fused-ring (bicyclic) bond motifs is 1. The molecule has 0 aromatic heterocycles. The monoisotopic (exact) mass is 445 g/mol. The zero-order valence-electron chi connectivity index (χ0n) is 15.9. The molecule has 1 N–H and O–H groups in total. The summed E-state index contributed by atoms with van der Waals surface area (Å²) < 4.78 is 0. The van der Waals surface area contributed by atoms with Gasteiger partial charge in [0.1, 0.15) is 6.54 Å². The number of hydrogen-bond donors (Lipinski definition) is 1. The molecular formula is C20H17Cl2N5O3. The molecule has 4 rings (SSSR count). The zero-order chi connectivity index (χ0) is 21.4. The number of imide groups is 1. The number of anilines is 1. The Morgan fingerprint density at radius 2 is 1.83 bits per heavy atom. The van der Waals surface area contributed by atoms with Gasteiger partial charge >= 0.3 is 0 Å². The molecule has 2 aliphatic rings. The maximum atomic E-state index is 13.0. The average molecular weight is 446 g/mol. The highest BCUT2D eigenvalue weighted by molar-refractivity contribution is 6.32. The molecule has 2 aliphatic heterocycles. The first-order valence-electron chi connectivity index (χ1n) is 9.17. The van der Waals surface area contributed by atoms with Crippen molar-refractivity contribution >= 4 is 46.6 Å². The largest absolute Gasteiger partial charge is 0.350 e. The highest BCUT2D eigenvalue weighted by Crippen LogP contribution is 2.33. The fourth-order valence-corrected chi connectivity index (χ4v) is 3.64. The standard InChI is InChI=1S/C20H17Cl2N5O3/c1-11-2-7-14(8-15(11)22)27-19(29)17-18(20(27)30)26(25-24-17)10-16(28)23-9-12-3-5-13(21)6-4-12/h2-8,17-18H,9-10H2,1H3,(H,23,28)/t17-,18-/m0/s1. The second-order valence-electron chi connectivity index (χ2n) is 7.04.